The second kappa shape index (κ2) is 4.23. The standard InChI is InChI=1S/C10H14FNO/c1-7-5-10(13-2)9(11)6-8(7)3-4-12/h5-6H,3-4,12H2,1-2H3. The Hall–Kier alpha value is -1.09. The fraction of sp³-hybridized carbons (Fsp3) is 0.400. The van der Waals surface area contributed by atoms with Crippen molar-refractivity contribution in [3.63, 3.8) is 0 Å². The van der Waals surface area contributed by atoms with Crippen molar-refractivity contribution in [2.45, 2.75) is 13.3 Å². The highest BCUT2D eigenvalue weighted by Crippen LogP contribution is 2.21. The molecule has 0 heterocycles. The molecule has 3 heteroatoms. The van der Waals surface area contributed by atoms with E-state index < -0.39 is 0 Å². The van der Waals surface area contributed by atoms with Crippen LogP contribution in [0.5, 0.6) is 5.75 Å². The molecule has 0 unspecified atom stereocenters. The van der Waals surface area contributed by atoms with Crippen LogP contribution in [0.3, 0.4) is 0 Å². The summed E-state index contributed by atoms with van der Waals surface area (Å²) in [5.74, 6) is -0.0326. The monoisotopic (exact) mass is 183 g/mol. The summed E-state index contributed by atoms with van der Waals surface area (Å²) in [4.78, 5) is 0. The molecule has 0 spiro atoms. The van der Waals surface area contributed by atoms with Gasteiger partial charge in [0.25, 0.3) is 0 Å². The van der Waals surface area contributed by atoms with Crippen molar-refractivity contribution in [3.8, 4) is 5.75 Å². The molecule has 2 N–H and O–H groups in total. The van der Waals surface area contributed by atoms with Gasteiger partial charge >= 0.3 is 0 Å². The van der Waals surface area contributed by atoms with E-state index in [2.05, 4.69) is 0 Å². The Labute approximate surface area is 77.5 Å². The lowest BCUT2D eigenvalue weighted by molar-refractivity contribution is 0.385. The molecule has 0 fully saturated rings. The van der Waals surface area contributed by atoms with Crippen molar-refractivity contribution in [2.24, 2.45) is 5.73 Å². The number of ether oxygens (including phenoxy) is 1. The number of nitrogens with two attached hydrogens (primary N) is 1. The van der Waals surface area contributed by atoms with Crippen molar-refractivity contribution in [3.05, 3.63) is 29.1 Å². The van der Waals surface area contributed by atoms with Gasteiger partial charge in [-0.1, -0.05) is 0 Å². The molecule has 1 aromatic carbocycles. The maximum absolute atomic E-state index is 13.2. The number of hydrogen-bond donors (Lipinski definition) is 1. The summed E-state index contributed by atoms with van der Waals surface area (Å²) in [6.07, 6.45) is 0.701. The number of hydrogen-bond acceptors (Lipinski definition) is 2. The maximum atomic E-state index is 13.2. The van der Waals surface area contributed by atoms with Gasteiger partial charge in [0, 0.05) is 0 Å². The number of rotatable bonds is 3. The molecular formula is C10H14FNO. The Bertz CT molecular complexity index is 299. The summed E-state index contributed by atoms with van der Waals surface area (Å²) in [5, 5.41) is 0. The third-order valence-corrected chi connectivity index (χ3v) is 2.02. The molecule has 0 amide bonds. The lowest BCUT2D eigenvalue weighted by Crippen LogP contribution is -2.05. The van der Waals surface area contributed by atoms with Crippen LogP contribution in [-0.4, -0.2) is 13.7 Å². The van der Waals surface area contributed by atoms with E-state index in [1.165, 1.54) is 13.2 Å². The highest BCUT2D eigenvalue weighted by atomic mass is 19.1. The van der Waals surface area contributed by atoms with E-state index in [1.807, 2.05) is 6.92 Å². The maximum Gasteiger partial charge on any atom is 0.165 e. The molecule has 72 valence electrons. The topological polar surface area (TPSA) is 35.2 Å². The fourth-order valence-electron chi connectivity index (χ4n) is 1.28. The van der Waals surface area contributed by atoms with Gasteiger partial charge in [0.05, 0.1) is 7.11 Å². The largest absolute Gasteiger partial charge is 0.494 e. The molecular weight excluding hydrogens is 169 g/mol. The van der Waals surface area contributed by atoms with E-state index in [-0.39, 0.29) is 5.82 Å². The summed E-state index contributed by atoms with van der Waals surface area (Å²) < 4.78 is 18.0. The van der Waals surface area contributed by atoms with Crippen LogP contribution < -0.4 is 10.5 Å². The normalized spacial score (nSPS) is 10.2. The lowest BCUT2D eigenvalue weighted by Gasteiger charge is -2.08. The van der Waals surface area contributed by atoms with Gasteiger partial charge in [-0.2, -0.15) is 0 Å². The fourth-order valence-corrected chi connectivity index (χ4v) is 1.28. The average Bonchev–Trinajstić information content (AvgIpc) is 2.11. The molecule has 1 aromatic rings. The first-order valence-electron chi connectivity index (χ1n) is 4.22. The van der Waals surface area contributed by atoms with E-state index in [4.69, 9.17) is 10.5 Å². The lowest BCUT2D eigenvalue weighted by atomic mass is 10.1. The molecule has 0 bridgehead atoms. The quantitative estimate of drug-likeness (QED) is 0.773. The average molecular weight is 183 g/mol. The molecule has 0 radical (unpaired) electrons. The van der Waals surface area contributed by atoms with Gasteiger partial charge in [-0.3, -0.25) is 0 Å². The molecule has 13 heavy (non-hydrogen) atoms. The second-order valence-electron chi connectivity index (χ2n) is 2.95. The van der Waals surface area contributed by atoms with Crippen LogP contribution in [0.25, 0.3) is 0 Å². The van der Waals surface area contributed by atoms with E-state index >= 15 is 0 Å². The predicted molar refractivity (Wildman–Crippen MR) is 50.4 cm³/mol. The van der Waals surface area contributed by atoms with Crippen molar-refractivity contribution in [2.75, 3.05) is 13.7 Å². The first kappa shape index (κ1) is 9.99. The third kappa shape index (κ3) is 2.18. The molecule has 1 rings (SSSR count). The zero-order valence-corrected chi connectivity index (χ0v) is 7.93. The molecule has 0 aliphatic rings. The number of halogens is 1. The van der Waals surface area contributed by atoms with Gasteiger partial charge in [0.15, 0.2) is 11.6 Å². The second-order valence-corrected chi connectivity index (χ2v) is 2.95. The van der Waals surface area contributed by atoms with Crippen molar-refractivity contribution < 1.29 is 9.13 Å². The summed E-state index contributed by atoms with van der Waals surface area (Å²) in [6.45, 7) is 2.46. The molecule has 0 aromatic heterocycles. The highest BCUT2D eigenvalue weighted by Gasteiger charge is 2.06. The first-order valence-corrected chi connectivity index (χ1v) is 4.22. The van der Waals surface area contributed by atoms with E-state index in [9.17, 15) is 4.39 Å². The smallest absolute Gasteiger partial charge is 0.165 e. The highest BCUT2D eigenvalue weighted by molar-refractivity contribution is 5.36. The van der Waals surface area contributed by atoms with Gasteiger partial charge in [-0.05, 0) is 43.1 Å². The van der Waals surface area contributed by atoms with Crippen LogP contribution in [0.15, 0.2) is 12.1 Å². The molecule has 2 nitrogen and oxygen atoms in total. The zero-order chi connectivity index (χ0) is 9.84. The molecule has 0 saturated heterocycles. The zero-order valence-electron chi connectivity index (χ0n) is 7.93. The van der Waals surface area contributed by atoms with E-state index in [1.54, 1.807) is 6.07 Å². The Morgan fingerprint density at radius 3 is 2.69 bits per heavy atom. The Morgan fingerprint density at radius 2 is 2.15 bits per heavy atom. The summed E-state index contributed by atoms with van der Waals surface area (Å²) in [6, 6.07) is 3.18. The Morgan fingerprint density at radius 1 is 1.46 bits per heavy atom. The van der Waals surface area contributed by atoms with E-state index in [0.29, 0.717) is 18.7 Å². The van der Waals surface area contributed by atoms with Crippen molar-refractivity contribution in [1.82, 2.24) is 0 Å². The summed E-state index contributed by atoms with van der Waals surface area (Å²) >= 11 is 0. The Balaban J connectivity index is 3.05. The summed E-state index contributed by atoms with van der Waals surface area (Å²) in [5.41, 5.74) is 7.36. The minimum atomic E-state index is -0.323. The van der Waals surface area contributed by atoms with Gasteiger partial charge in [-0.15, -0.1) is 0 Å². The van der Waals surface area contributed by atoms with Crippen LogP contribution in [0.1, 0.15) is 11.1 Å². The predicted octanol–water partition coefficient (Wildman–Crippen LogP) is 1.64. The Kier molecular flexibility index (Phi) is 3.25. The minimum Gasteiger partial charge on any atom is -0.494 e. The van der Waals surface area contributed by atoms with Gasteiger partial charge in [0.1, 0.15) is 0 Å². The van der Waals surface area contributed by atoms with Crippen LogP contribution >= 0.6 is 0 Å². The molecule has 0 saturated carbocycles. The third-order valence-electron chi connectivity index (χ3n) is 2.02. The van der Waals surface area contributed by atoms with Gasteiger partial charge in [0.2, 0.25) is 0 Å². The first-order chi connectivity index (χ1) is 6.19. The minimum absolute atomic E-state index is 0.290. The van der Waals surface area contributed by atoms with E-state index in [0.717, 1.165) is 11.1 Å². The van der Waals surface area contributed by atoms with Crippen molar-refractivity contribution in [1.29, 1.82) is 0 Å². The van der Waals surface area contributed by atoms with Crippen LogP contribution in [0.4, 0.5) is 4.39 Å². The number of benzene rings is 1. The van der Waals surface area contributed by atoms with Crippen LogP contribution in [0.2, 0.25) is 0 Å². The molecule has 0 atom stereocenters. The van der Waals surface area contributed by atoms with Crippen molar-refractivity contribution >= 4 is 0 Å². The SMILES string of the molecule is COc1cc(C)c(CCN)cc1F. The number of aryl methyl sites for hydroxylation is 1. The number of methoxy groups -OCH3 is 1. The van der Waals surface area contributed by atoms with Gasteiger partial charge in [-0.25, -0.2) is 4.39 Å². The van der Waals surface area contributed by atoms with Crippen LogP contribution in [-0.2, 0) is 6.42 Å². The van der Waals surface area contributed by atoms with Crippen LogP contribution in [0, 0.1) is 12.7 Å². The van der Waals surface area contributed by atoms with Gasteiger partial charge < -0.3 is 10.5 Å². The summed E-state index contributed by atoms with van der Waals surface area (Å²) in [7, 11) is 1.46. The molecule has 0 aliphatic heterocycles. The molecule has 0 aliphatic carbocycles.